The fraction of sp³-hybridized carbons (Fsp3) is 0.300. The van der Waals surface area contributed by atoms with E-state index in [0.717, 1.165) is 17.7 Å². The predicted molar refractivity (Wildman–Crippen MR) is 49.6 cm³/mol. The van der Waals surface area contributed by atoms with Crippen LogP contribution < -0.4 is 4.74 Å². The number of oxime groups is 1. The number of hydrogen-bond acceptors (Lipinski definition) is 3. The highest BCUT2D eigenvalue weighted by Crippen LogP contribution is 2.28. The highest BCUT2D eigenvalue weighted by atomic mass is 16.5. The van der Waals surface area contributed by atoms with Gasteiger partial charge in [0, 0.05) is 6.42 Å². The Hall–Kier alpha value is -1.51. The van der Waals surface area contributed by atoms with E-state index in [1.807, 2.05) is 25.1 Å². The molecule has 2 rings (SSSR count). The Bertz CT molecular complexity index is 347. The topological polar surface area (TPSA) is 41.8 Å². The Balaban J connectivity index is 2.34. The molecule has 1 heterocycles. The minimum atomic E-state index is 0.260. The molecule has 13 heavy (non-hydrogen) atoms. The second-order valence-corrected chi connectivity index (χ2v) is 3.24. The van der Waals surface area contributed by atoms with Crippen LogP contribution in [-0.2, 0) is 6.42 Å². The zero-order chi connectivity index (χ0) is 9.26. The molecule has 3 nitrogen and oxygen atoms in total. The Morgan fingerprint density at radius 3 is 3.23 bits per heavy atom. The molecular formula is C10H11NO2. The highest BCUT2D eigenvalue weighted by molar-refractivity contribution is 5.79. The monoisotopic (exact) mass is 177 g/mol. The number of rotatable bonds is 1. The van der Waals surface area contributed by atoms with Crippen LogP contribution in [0.1, 0.15) is 18.1 Å². The molecule has 0 aromatic heterocycles. The Labute approximate surface area is 76.6 Å². The van der Waals surface area contributed by atoms with Crippen molar-refractivity contribution in [3.8, 4) is 5.75 Å². The van der Waals surface area contributed by atoms with Gasteiger partial charge in [0.05, 0.1) is 6.21 Å². The molecule has 1 aromatic carbocycles. The smallest absolute Gasteiger partial charge is 0.123 e. The van der Waals surface area contributed by atoms with Gasteiger partial charge in [-0.1, -0.05) is 5.16 Å². The largest absolute Gasteiger partial charge is 0.490 e. The molecule has 1 aliphatic rings. The summed E-state index contributed by atoms with van der Waals surface area (Å²) in [6, 6.07) is 5.77. The van der Waals surface area contributed by atoms with Crippen LogP contribution in [0.15, 0.2) is 23.4 Å². The first-order chi connectivity index (χ1) is 6.29. The van der Waals surface area contributed by atoms with Crippen LogP contribution in [0.5, 0.6) is 5.75 Å². The van der Waals surface area contributed by atoms with Gasteiger partial charge >= 0.3 is 0 Å². The van der Waals surface area contributed by atoms with Crippen molar-refractivity contribution < 1.29 is 9.94 Å². The van der Waals surface area contributed by atoms with Gasteiger partial charge in [-0.2, -0.15) is 0 Å². The molecule has 0 bridgehead atoms. The Morgan fingerprint density at radius 1 is 1.62 bits per heavy atom. The second-order valence-electron chi connectivity index (χ2n) is 3.24. The minimum absolute atomic E-state index is 0.260. The summed E-state index contributed by atoms with van der Waals surface area (Å²) in [6.45, 7) is 2.04. The van der Waals surface area contributed by atoms with Crippen LogP contribution in [0.25, 0.3) is 0 Å². The molecule has 0 fully saturated rings. The summed E-state index contributed by atoms with van der Waals surface area (Å²) in [4.78, 5) is 0. The SMILES string of the molecule is C[C@H]1Cc2cc(/C=N/O)ccc2O1. The molecular weight excluding hydrogens is 166 g/mol. The van der Waals surface area contributed by atoms with Gasteiger partial charge < -0.3 is 9.94 Å². The molecule has 3 heteroatoms. The molecule has 0 saturated heterocycles. The molecule has 0 amide bonds. The average molecular weight is 177 g/mol. The van der Waals surface area contributed by atoms with Gasteiger partial charge in [-0.3, -0.25) is 0 Å². The van der Waals surface area contributed by atoms with E-state index in [4.69, 9.17) is 9.94 Å². The molecule has 0 unspecified atom stereocenters. The molecule has 0 saturated carbocycles. The third kappa shape index (κ3) is 1.49. The van der Waals surface area contributed by atoms with E-state index in [1.54, 1.807) is 0 Å². The lowest BCUT2D eigenvalue weighted by molar-refractivity contribution is 0.254. The Morgan fingerprint density at radius 2 is 2.46 bits per heavy atom. The third-order valence-electron chi connectivity index (χ3n) is 2.13. The average Bonchev–Trinajstić information content (AvgIpc) is 2.44. The van der Waals surface area contributed by atoms with Crippen LogP contribution in [0.4, 0.5) is 0 Å². The Kier molecular flexibility index (Phi) is 1.93. The maximum atomic E-state index is 8.36. The van der Waals surface area contributed by atoms with Crippen molar-refractivity contribution in [1.29, 1.82) is 0 Å². The van der Waals surface area contributed by atoms with Crippen LogP contribution in [0, 0.1) is 0 Å². The van der Waals surface area contributed by atoms with E-state index in [-0.39, 0.29) is 6.10 Å². The third-order valence-corrected chi connectivity index (χ3v) is 2.13. The van der Waals surface area contributed by atoms with Crippen molar-refractivity contribution in [3.63, 3.8) is 0 Å². The van der Waals surface area contributed by atoms with Crippen molar-refractivity contribution >= 4 is 6.21 Å². The van der Waals surface area contributed by atoms with E-state index in [9.17, 15) is 0 Å². The van der Waals surface area contributed by atoms with Gasteiger partial charge in [0.15, 0.2) is 0 Å². The summed E-state index contributed by atoms with van der Waals surface area (Å²) in [5.41, 5.74) is 2.09. The first kappa shape index (κ1) is 8.10. The summed E-state index contributed by atoms with van der Waals surface area (Å²) >= 11 is 0. The van der Waals surface area contributed by atoms with Crippen molar-refractivity contribution in [2.45, 2.75) is 19.4 Å². The van der Waals surface area contributed by atoms with E-state index < -0.39 is 0 Å². The number of ether oxygens (including phenoxy) is 1. The van der Waals surface area contributed by atoms with Crippen LogP contribution in [0.3, 0.4) is 0 Å². The normalized spacial score (nSPS) is 20.2. The van der Waals surface area contributed by atoms with E-state index in [2.05, 4.69) is 5.16 Å². The van der Waals surface area contributed by atoms with E-state index >= 15 is 0 Å². The first-order valence-electron chi connectivity index (χ1n) is 4.26. The molecule has 68 valence electrons. The maximum absolute atomic E-state index is 8.36. The number of nitrogens with zero attached hydrogens (tertiary/aromatic N) is 1. The lowest BCUT2D eigenvalue weighted by Gasteiger charge is -2.01. The summed E-state index contributed by atoms with van der Waals surface area (Å²) in [5, 5.41) is 11.3. The van der Waals surface area contributed by atoms with Crippen LogP contribution >= 0.6 is 0 Å². The second kappa shape index (κ2) is 3.09. The molecule has 1 aliphatic heterocycles. The maximum Gasteiger partial charge on any atom is 0.123 e. The molecule has 0 radical (unpaired) electrons. The van der Waals surface area contributed by atoms with Gasteiger partial charge in [0.1, 0.15) is 11.9 Å². The van der Waals surface area contributed by atoms with Gasteiger partial charge in [-0.25, -0.2) is 0 Å². The van der Waals surface area contributed by atoms with Crippen molar-refractivity contribution in [2.24, 2.45) is 5.16 Å². The summed E-state index contributed by atoms with van der Waals surface area (Å²) in [6.07, 6.45) is 2.61. The number of hydrogen-bond donors (Lipinski definition) is 1. The quantitative estimate of drug-likeness (QED) is 0.404. The van der Waals surface area contributed by atoms with E-state index in [1.165, 1.54) is 11.8 Å². The first-order valence-corrected chi connectivity index (χ1v) is 4.26. The van der Waals surface area contributed by atoms with Crippen LogP contribution in [-0.4, -0.2) is 17.5 Å². The minimum Gasteiger partial charge on any atom is -0.490 e. The van der Waals surface area contributed by atoms with Crippen molar-refractivity contribution in [3.05, 3.63) is 29.3 Å². The fourth-order valence-electron chi connectivity index (χ4n) is 1.59. The van der Waals surface area contributed by atoms with Gasteiger partial charge in [-0.05, 0) is 36.2 Å². The lowest BCUT2D eigenvalue weighted by atomic mass is 10.1. The highest BCUT2D eigenvalue weighted by Gasteiger charge is 2.18. The van der Waals surface area contributed by atoms with Gasteiger partial charge in [0.2, 0.25) is 0 Å². The molecule has 1 aromatic rings. The predicted octanol–water partition coefficient (Wildman–Crippen LogP) is 1.82. The molecule has 0 spiro atoms. The van der Waals surface area contributed by atoms with Crippen molar-refractivity contribution in [2.75, 3.05) is 0 Å². The fourth-order valence-corrected chi connectivity index (χ4v) is 1.59. The lowest BCUT2D eigenvalue weighted by Crippen LogP contribution is -2.05. The van der Waals surface area contributed by atoms with Crippen molar-refractivity contribution in [1.82, 2.24) is 0 Å². The standard InChI is InChI=1S/C10H11NO2/c1-7-4-9-5-8(6-11-12)2-3-10(9)13-7/h2-3,5-7,12H,4H2,1H3/b11-6+/t7-/m0/s1. The van der Waals surface area contributed by atoms with Gasteiger partial charge in [-0.15, -0.1) is 0 Å². The zero-order valence-electron chi connectivity index (χ0n) is 7.40. The summed E-state index contributed by atoms with van der Waals surface area (Å²) in [7, 11) is 0. The number of benzene rings is 1. The van der Waals surface area contributed by atoms with Gasteiger partial charge in [0.25, 0.3) is 0 Å². The van der Waals surface area contributed by atoms with E-state index in [0.29, 0.717) is 0 Å². The molecule has 1 N–H and O–H groups in total. The molecule has 0 aliphatic carbocycles. The summed E-state index contributed by atoms with van der Waals surface area (Å²) in [5.74, 6) is 0.947. The molecule has 1 atom stereocenters. The van der Waals surface area contributed by atoms with Crippen LogP contribution in [0.2, 0.25) is 0 Å². The zero-order valence-corrected chi connectivity index (χ0v) is 7.40. The number of fused-ring (bicyclic) bond motifs is 1. The summed E-state index contributed by atoms with van der Waals surface area (Å²) < 4.78 is 5.53.